The molecule has 1 aliphatic heterocycles. The Bertz CT molecular complexity index is 357. The van der Waals surface area contributed by atoms with Crippen LogP contribution in [-0.2, 0) is 0 Å². The zero-order chi connectivity index (χ0) is 11.5. The number of rotatable bonds is 3. The molecule has 1 fully saturated rings. The average Bonchev–Trinajstić information content (AvgIpc) is 2.77. The topological polar surface area (TPSA) is 15.3 Å². The third-order valence-corrected chi connectivity index (χ3v) is 3.88. The quantitative estimate of drug-likeness (QED) is 0.911. The highest BCUT2D eigenvalue weighted by atomic mass is 35.5. The Morgan fingerprint density at radius 3 is 2.71 bits per heavy atom. The van der Waals surface area contributed by atoms with Crippen molar-refractivity contribution >= 4 is 24.0 Å². The van der Waals surface area contributed by atoms with Crippen molar-refractivity contribution in [3.05, 3.63) is 34.9 Å². The minimum absolute atomic E-state index is 0. The average molecular weight is 275 g/mol. The number of nitrogens with zero attached hydrogens (tertiary/aromatic N) is 1. The van der Waals surface area contributed by atoms with E-state index in [1.807, 2.05) is 19.2 Å². The van der Waals surface area contributed by atoms with Crippen LogP contribution in [-0.4, -0.2) is 31.1 Å². The zero-order valence-electron chi connectivity index (χ0n) is 10.3. The highest BCUT2D eigenvalue weighted by Crippen LogP contribution is 2.29. The van der Waals surface area contributed by atoms with Crippen LogP contribution in [0.2, 0.25) is 5.02 Å². The van der Waals surface area contributed by atoms with Crippen molar-refractivity contribution in [1.29, 1.82) is 0 Å². The summed E-state index contributed by atoms with van der Waals surface area (Å²) in [7, 11) is 2.04. The van der Waals surface area contributed by atoms with Crippen molar-refractivity contribution in [2.24, 2.45) is 0 Å². The van der Waals surface area contributed by atoms with Crippen molar-refractivity contribution in [1.82, 2.24) is 10.2 Å². The molecule has 2 rings (SSSR count). The summed E-state index contributed by atoms with van der Waals surface area (Å²) >= 11 is 6.23. The van der Waals surface area contributed by atoms with Crippen LogP contribution in [0.5, 0.6) is 0 Å². The largest absolute Gasteiger partial charge is 0.316 e. The van der Waals surface area contributed by atoms with Gasteiger partial charge in [-0.1, -0.05) is 29.8 Å². The summed E-state index contributed by atoms with van der Waals surface area (Å²) in [6, 6.07) is 9.18. The third-order valence-electron chi connectivity index (χ3n) is 3.53. The maximum atomic E-state index is 6.23. The van der Waals surface area contributed by atoms with Crippen molar-refractivity contribution in [3.63, 3.8) is 0 Å². The second-order valence-electron chi connectivity index (χ2n) is 4.47. The van der Waals surface area contributed by atoms with Crippen LogP contribution in [0.4, 0.5) is 0 Å². The molecule has 2 unspecified atom stereocenters. The first kappa shape index (κ1) is 14.8. The molecule has 2 nitrogen and oxygen atoms in total. The van der Waals surface area contributed by atoms with Crippen LogP contribution in [0.3, 0.4) is 0 Å². The molecule has 1 saturated heterocycles. The first-order valence-electron chi connectivity index (χ1n) is 5.88. The lowest BCUT2D eigenvalue weighted by molar-refractivity contribution is 0.257. The van der Waals surface area contributed by atoms with Crippen LogP contribution >= 0.6 is 24.0 Å². The molecule has 0 saturated carbocycles. The SMILES string of the molecule is CNC1CCN(C(C)c2ccccc2Cl)C1.Cl. The van der Waals surface area contributed by atoms with Crippen LogP contribution in [0.15, 0.2) is 24.3 Å². The van der Waals surface area contributed by atoms with E-state index in [1.54, 1.807) is 0 Å². The first-order chi connectivity index (χ1) is 7.72. The maximum Gasteiger partial charge on any atom is 0.0453 e. The van der Waals surface area contributed by atoms with Gasteiger partial charge in [-0.05, 0) is 32.0 Å². The predicted molar refractivity (Wildman–Crippen MR) is 76.2 cm³/mol. The number of hydrogen-bond donors (Lipinski definition) is 1. The van der Waals surface area contributed by atoms with Gasteiger partial charge in [-0.3, -0.25) is 4.90 Å². The molecule has 1 aromatic carbocycles. The molecule has 1 aromatic rings. The summed E-state index contributed by atoms with van der Waals surface area (Å²) in [4.78, 5) is 2.49. The molecular formula is C13H20Cl2N2. The van der Waals surface area contributed by atoms with Crippen molar-refractivity contribution in [2.75, 3.05) is 20.1 Å². The van der Waals surface area contributed by atoms with Gasteiger partial charge in [0, 0.05) is 30.2 Å². The molecule has 17 heavy (non-hydrogen) atoms. The number of halogens is 2. The second-order valence-corrected chi connectivity index (χ2v) is 4.87. The van der Waals surface area contributed by atoms with Gasteiger partial charge in [0.1, 0.15) is 0 Å². The molecule has 1 N–H and O–H groups in total. The molecule has 2 atom stereocenters. The van der Waals surface area contributed by atoms with E-state index in [4.69, 9.17) is 11.6 Å². The van der Waals surface area contributed by atoms with Crippen LogP contribution < -0.4 is 5.32 Å². The Labute approximate surface area is 115 Å². The number of nitrogens with one attached hydrogen (secondary N) is 1. The van der Waals surface area contributed by atoms with E-state index in [9.17, 15) is 0 Å². The third kappa shape index (κ3) is 3.35. The van der Waals surface area contributed by atoms with Gasteiger partial charge in [-0.2, -0.15) is 0 Å². The number of likely N-dealkylation sites (tertiary alicyclic amines) is 1. The first-order valence-corrected chi connectivity index (χ1v) is 6.26. The molecule has 0 aromatic heterocycles. The summed E-state index contributed by atoms with van der Waals surface area (Å²) in [5, 5.41) is 4.22. The van der Waals surface area contributed by atoms with Crippen molar-refractivity contribution < 1.29 is 0 Å². The van der Waals surface area contributed by atoms with Gasteiger partial charge in [0.05, 0.1) is 0 Å². The fourth-order valence-electron chi connectivity index (χ4n) is 2.39. The fourth-order valence-corrected chi connectivity index (χ4v) is 2.68. The minimum atomic E-state index is 0. The molecular weight excluding hydrogens is 255 g/mol. The van der Waals surface area contributed by atoms with Crippen LogP contribution in [0, 0.1) is 0 Å². The summed E-state index contributed by atoms with van der Waals surface area (Å²) in [5.41, 5.74) is 1.24. The Morgan fingerprint density at radius 2 is 2.12 bits per heavy atom. The summed E-state index contributed by atoms with van der Waals surface area (Å²) in [6.45, 7) is 4.50. The molecule has 0 radical (unpaired) electrons. The predicted octanol–water partition coefficient (Wildman–Crippen LogP) is 3.12. The molecule has 0 amide bonds. The van der Waals surface area contributed by atoms with Gasteiger partial charge in [0.2, 0.25) is 0 Å². The lowest BCUT2D eigenvalue weighted by atomic mass is 10.1. The van der Waals surface area contributed by atoms with Crippen molar-refractivity contribution in [2.45, 2.75) is 25.4 Å². The van der Waals surface area contributed by atoms with Crippen molar-refractivity contribution in [3.8, 4) is 0 Å². The highest BCUT2D eigenvalue weighted by Gasteiger charge is 2.26. The fraction of sp³-hybridized carbons (Fsp3) is 0.538. The molecule has 96 valence electrons. The summed E-state index contributed by atoms with van der Waals surface area (Å²) in [6.07, 6.45) is 1.23. The molecule has 0 bridgehead atoms. The Hall–Kier alpha value is -0.280. The van der Waals surface area contributed by atoms with E-state index in [0.29, 0.717) is 12.1 Å². The van der Waals surface area contributed by atoms with Gasteiger partial charge in [0.15, 0.2) is 0 Å². The van der Waals surface area contributed by atoms with Gasteiger partial charge >= 0.3 is 0 Å². The normalized spacial score (nSPS) is 22.2. The Morgan fingerprint density at radius 1 is 1.41 bits per heavy atom. The van der Waals surface area contributed by atoms with E-state index in [0.717, 1.165) is 18.1 Å². The second kappa shape index (κ2) is 6.60. The molecule has 0 aliphatic carbocycles. The van der Waals surface area contributed by atoms with Gasteiger partial charge < -0.3 is 5.32 Å². The van der Waals surface area contributed by atoms with Gasteiger partial charge in [0.25, 0.3) is 0 Å². The highest BCUT2D eigenvalue weighted by molar-refractivity contribution is 6.31. The summed E-state index contributed by atoms with van der Waals surface area (Å²) < 4.78 is 0. The van der Waals surface area contributed by atoms with E-state index in [2.05, 4.69) is 29.3 Å². The van der Waals surface area contributed by atoms with Crippen LogP contribution in [0.25, 0.3) is 0 Å². The zero-order valence-corrected chi connectivity index (χ0v) is 11.9. The molecule has 1 heterocycles. The lowest BCUT2D eigenvalue weighted by Gasteiger charge is -2.25. The maximum absolute atomic E-state index is 6.23. The van der Waals surface area contributed by atoms with E-state index < -0.39 is 0 Å². The lowest BCUT2D eigenvalue weighted by Crippen LogP contribution is -2.31. The molecule has 1 aliphatic rings. The minimum Gasteiger partial charge on any atom is -0.316 e. The van der Waals surface area contributed by atoms with E-state index in [-0.39, 0.29) is 12.4 Å². The monoisotopic (exact) mass is 274 g/mol. The van der Waals surface area contributed by atoms with E-state index in [1.165, 1.54) is 12.0 Å². The van der Waals surface area contributed by atoms with Gasteiger partial charge in [-0.25, -0.2) is 0 Å². The Balaban J connectivity index is 0.00000144. The summed E-state index contributed by atoms with van der Waals surface area (Å²) in [5.74, 6) is 0. The standard InChI is InChI=1S/C13H19ClN2.ClH/c1-10(12-5-3-4-6-13(12)14)16-8-7-11(9-16)15-2;/h3-6,10-11,15H,7-9H2,1-2H3;1H. The van der Waals surface area contributed by atoms with E-state index >= 15 is 0 Å². The molecule has 4 heteroatoms. The Kier molecular flexibility index (Phi) is 5.74. The smallest absolute Gasteiger partial charge is 0.0453 e. The number of likely N-dealkylation sites (N-methyl/N-ethyl adjacent to an activating group) is 1. The van der Waals surface area contributed by atoms with Gasteiger partial charge in [-0.15, -0.1) is 12.4 Å². The molecule has 0 spiro atoms. The van der Waals surface area contributed by atoms with Crippen LogP contribution in [0.1, 0.15) is 24.9 Å². The number of hydrogen-bond acceptors (Lipinski definition) is 2. The number of benzene rings is 1.